The van der Waals surface area contributed by atoms with E-state index in [0.29, 0.717) is 27.5 Å². The fourth-order valence-corrected chi connectivity index (χ4v) is 2.64. The predicted octanol–water partition coefficient (Wildman–Crippen LogP) is 3.42. The maximum Gasteiger partial charge on any atom is 0.227 e. The third-order valence-electron chi connectivity index (χ3n) is 2.76. The van der Waals surface area contributed by atoms with Crippen molar-refractivity contribution in [2.75, 3.05) is 19.0 Å². The molecule has 0 bridgehead atoms. The highest BCUT2D eigenvalue weighted by Gasteiger charge is 2.16. The van der Waals surface area contributed by atoms with E-state index in [1.165, 1.54) is 0 Å². The van der Waals surface area contributed by atoms with E-state index >= 15 is 0 Å². The minimum atomic E-state index is -0.106. The molecule has 0 saturated carbocycles. The SMILES string of the molecule is COc1c(Br)cc(Cl)cc1NC(=O)C(C)CCCN. The van der Waals surface area contributed by atoms with Gasteiger partial charge in [0.1, 0.15) is 0 Å². The molecule has 0 fully saturated rings. The van der Waals surface area contributed by atoms with Crippen LogP contribution in [0.4, 0.5) is 5.69 Å². The molecule has 106 valence electrons. The summed E-state index contributed by atoms with van der Waals surface area (Å²) in [5, 5.41) is 3.36. The summed E-state index contributed by atoms with van der Waals surface area (Å²) in [5.74, 6) is 0.385. The first-order valence-corrected chi connectivity index (χ1v) is 7.20. The number of anilines is 1. The zero-order valence-electron chi connectivity index (χ0n) is 11.0. The Kier molecular flexibility index (Phi) is 6.62. The van der Waals surface area contributed by atoms with Crippen LogP contribution in [0.2, 0.25) is 5.02 Å². The highest BCUT2D eigenvalue weighted by Crippen LogP contribution is 2.36. The third kappa shape index (κ3) is 4.67. The van der Waals surface area contributed by atoms with Gasteiger partial charge < -0.3 is 15.8 Å². The second kappa shape index (κ2) is 7.72. The fraction of sp³-hybridized carbons (Fsp3) is 0.462. The Labute approximate surface area is 126 Å². The molecule has 1 rings (SSSR count). The van der Waals surface area contributed by atoms with Crippen molar-refractivity contribution in [3.8, 4) is 5.75 Å². The maximum atomic E-state index is 12.0. The smallest absolute Gasteiger partial charge is 0.227 e. The fourth-order valence-electron chi connectivity index (χ4n) is 1.67. The Balaban J connectivity index is 2.84. The number of hydrogen-bond acceptors (Lipinski definition) is 3. The summed E-state index contributed by atoms with van der Waals surface area (Å²) in [7, 11) is 1.54. The lowest BCUT2D eigenvalue weighted by Gasteiger charge is -2.15. The first kappa shape index (κ1) is 16.3. The molecule has 6 heteroatoms. The minimum Gasteiger partial charge on any atom is -0.493 e. The number of amides is 1. The molecule has 0 aromatic heterocycles. The number of methoxy groups -OCH3 is 1. The van der Waals surface area contributed by atoms with Crippen LogP contribution in [0.5, 0.6) is 5.75 Å². The number of benzene rings is 1. The number of carbonyl (C=O) groups is 1. The van der Waals surface area contributed by atoms with E-state index in [9.17, 15) is 4.79 Å². The van der Waals surface area contributed by atoms with Crippen LogP contribution < -0.4 is 15.8 Å². The minimum absolute atomic E-state index is 0.0686. The highest BCUT2D eigenvalue weighted by molar-refractivity contribution is 9.10. The van der Waals surface area contributed by atoms with E-state index < -0.39 is 0 Å². The van der Waals surface area contributed by atoms with Gasteiger partial charge in [-0.2, -0.15) is 0 Å². The van der Waals surface area contributed by atoms with Crippen molar-refractivity contribution in [3.63, 3.8) is 0 Å². The average molecular weight is 350 g/mol. The number of hydrogen-bond donors (Lipinski definition) is 2. The Morgan fingerprint density at radius 1 is 1.58 bits per heavy atom. The summed E-state index contributed by atoms with van der Waals surface area (Å²) >= 11 is 9.32. The van der Waals surface area contributed by atoms with Crippen molar-refractivity contribution in [2.45, 2.75) is 19.8 Å². The van der Waals surface area contributed by atoms with Crippen LogP contribution in [0, 0.1) is 5.92 Å². The molecular weight excluding hydrogens is 332 g/mol. The molecule has 0 spiro atoms. The number of halogens is 2. The van der Waals surface area contributed by atoms with Gasteiger partial charge >= 0.3 is 0 Å². The number of carbonyl (C=O) groups excluding carboxylic acids is 1. The summed E-state index contributed by atoms with van der Waals surface area (Å²) < 4.78 is 5.95. The van der Waals surface area contributed by atoms with Crippen molar-refractivity contribution in [1.29, 1.82) is 0 Å². The Bertz CT molecular complexity index is 455. The van der Waals surface area contributed by atoms with Gasteiger partial charge in [0.05, 0.1) is 17.3 Å². The molecule has 1 atom stereocenters. The van der Waals surface area contributed by atoms with Gasteiger partial charge in [-0.1, -0.05) is 18.5 Å². The molecule has 1 amide bonds. The van der Waals surface area contributed by atoms with Crippen LogP contribution in [0.1, 0.15) is 19.8 Å². The van der Waals surface area contributed by atoms with Crippen LogP contribution in [0.15, 0.2) is 16.6 Å². The van der Waals surface area contributed by atoms with E-state index in [-0.39, 0.29) is 11.8 Å². The molecule has 4 nitrogen and oxygen atoms in total. The van der Waals surface area contributed by atoms with E-state index in [0.717, 1.165) is 12.8 Å². The van der Waals surface area contributed by atoms with Crippen molar-refractivity contribution in [3.05, 3.63) is 21.6 Å². The average Bonchev–Trinajstić information content (AvgIpc) is 2.35. The van der Waals surface area contributed by atoms with Crippen LogP contribution in [0.3, 0.4) is 0 Å². The van der Waals surface area contributed by atoms with E-state index in [4.69, 9.17) is 22.1 Å². The Morgan fingerprint density at radius 2 is 2.26 bits per heavy atom. The van der Waals surface area contributed by atoms with Crippen molar-refractivity contribution < 1.29 is 9.53 Å². The van der Waals surface area contributed by atoms with Crippen LogP contribution >= 0.6 is 27.5 Å². The van der Waals surface area contributed by atoms with Crippen LogP contribution in [-0.2, 0) is 4.79 Å². The summed E-state index contributed by atoms with van der Waals surface area (Å²) in [6.45, 7) is 2.46. The zero-order valence-corrected chi connectivity index (χ0v) is 13.3. The molecule has 0 heterocycles. The second-order valence-electron chi connectivity index (χ2n) is 4.29. The molecular formula is C13H18BrClN2O2. The zero-order chi connectivity index (χ0) is 14.4. The highest BCUT2D eigenvalue weighted by atomic mass is 79.9. The first-order chi connectivity index (χ1) is 8.99. The Morgan fingerprint density at radius 3 is 2.84 bits per heavy atom. The monoisotopic (exact) mass is 348 g/mol. The molecule has 0 aliphatic carbocycles. The molecule has 1 aromatic carbocycles. The summed E-state index contributed by atoms with van der Waals surface area (Å²) in [6, 6.07) is 3.38. The van der Waals surface area contributed by atoms with Gasteiger partial charge in [-0.05, 0) is 47.4 Å². The van der Waals surface area contributed by atoms with Crippen molar-refractivity contribution >= 4 is 39.1 Å². The number of nitrogens with two attached hydrogens (primary N) is 1. The quantitative estimate of drug-likeness (QED) is 0.827. The largest absolute Gasteiger partial charge is 0.493 e. The normalized spacial score (nSPS) is 12.1. The molecule has 0 aliphatic rings. The van der Waals surface area contributed by atoms with Crippen LogP contribution in [0.25, 0.3) is 0 Å². The second-order valence-corrected chi connectivity index (χ2v) is 5.58. The standard InChI is InChI=1S/C13H18BrClN2O2/c1-8(4-3-5-16)13(18)17-11-7-9(15)6-10(14)12(11)19-2/h6-8H,3-5,16H2,1-2H3,(H,17,18). The molecule has 0 saturated heterocycles. The Hall–Kier alpha value is -0.780. The maximum absolute atomic E-state index is 12.0. The van der Waals surface area contributed by atoms with Gasteiger partial charge in [-0.3, -0.25) is 4.79 Å². The van der Waals surface area contributed by atoms with Gasteiger partial charge in [-0.15, -0.1) is 0 Å². The van der Waals surface area contributed by atoms with Crippen LogP contribution in [-0.4, -0.2) is 19.6 Å². The summed E-state index contributed by atoms with van der Waals surface area (Å²) in [6.07, 6.45) is 1.58. The first-order valence-electron chi connectivity index (χ1n) is 6.03. The molecule has 3 N–H and O–H groups in total. The summed E-state index contributed by atoms with van der Waals surface area (Å²) in [5.41, 5.74) is 6.00. The van der Waals surface area contributed by atoms with Gasteiger partial charge in [0.25, 0.3) is 0 Å². The lowest BCUT2D eigenvalue weighted by atomic mass is 10.0. The van der Waals surface area contributed by atoms with E-state index in [2.05, 4.69) is 21.2 Å². The van der Waals surface area contributed by atoms with E-state index in [1.807, 2.05) is 6.92 Å². The molecule has 1 aromatic rings. The van der Waals surface area contributed by atoms with Gasteiger partial charge in [-0.25, -0.2) is 0 Å². The molecule has 0 radical (unpaired) electrons. The number of rotatable bonds is 6. The summed E-state index contributed by atoms with van der Waals surface area (Å²) in [4.78, 5) is 12.0. The predicted molar refractivity (Wildman–Crippen MR) is 81.8 cm³/mol. The van der Waals surface area contributed by atoms with Crippen molar-refractivity contribution in [2.24, 2.45) is 11.7 Å². The molecule has 1 unspecified atom stereocenters. The topological polar surface area (TPSA) is 64.3 Å². The van der Waals surface area contributed by atoms with Gasteiger partial charge in [0.2, 0.25) is 5.91 Å². The lowest BCUT2D eigenvalue weighted by Crippen LogP contribution is -2.21. The molecule has 19 heavy (non-hydrogen) atoms. The number of ether oxygens (including phenoxy) is 1. The van der Waals surface area contributed by atoms with Gasteiger partial charge in [0, 0.05) is 10.9 Å². The van der Waals surface area contributed by atoms with E-state index in [1.54, 1.807) is 19.2 Å². The number of nitrogens with one attached hydrogen (secondary N) is 1. The molecule has 0 aliphatic heterocycles. The van der Waals surface area contributed by atoms with Crippen molar-refractivity contribution in [1.82, 2.24) is 0 Å². The van der Waals surface area contributed by atoms with Gasteiger partial charge in [0.15, 0.2) is 5.75 Å². The lowest BCUT2D eigenvalue weighted by molar-refractivity contribution is -0.119. The third-order valence-corrected chi connectivity index (χ3v) is 3.57.